The number of hydrogen-bond donors (Lipinski definition) is 2. The molecule has 0 fully saturated rings. The van der Waals surface area contributed by atoms with Crippen LogP contribution in [0.15, 0.2) is 65.8 Å². The molecule has 3 heterocycles. The van der Waals surface area contributed by atoms with Crippen LogP contribution in [0, 0.1) is 35.1 Å². The maximum Gasteiger partial charge on any atom is 0.266 e. The first-order valence-corrected chi connectivity index (χ1v) is 11.4. The maximum absolute atomic E-state index is 14.7. The monoisotopic (exact) mass is 531 g/mol. The second-order valence-electron chi connectivity index (χ2n) is 8.33. The van der Waals surface area contributed by atoms with Crippen molar-refractivity contribution < 1.29 is 17.6 Å². The normalized spacial score (nSPS) is 11.6. The molecule has 8 nitrogen and oxygen atoms in total. The molecule has 0 saturated carbocycles. The van der Waals surface area contributed by atoms with E-state index in [9.17, 15) is 22.4 Å². The molecule has 1 atom stereocenters. The van der Waals surface area contributed by atoms with E-state index in [1.807, 2.05) is 0 Å². The number of para-hydroxylation sites is 1. The van der Waals surface area contributed by atoms with Gasteiger partial charge in [-0.25, -0.2) is 37.5 Å². The van der Waals surface area contributed by atoms with Gasteiger partial charge in [0.1, 0.15) is 63.8 Å². The van der Waals surface area contributed by atoms with Crippen LogP contribution in [0.1, 0.15) is 30.0 Å². The van der Waals surface area contributed by atoms with E-state index in [-0.39, 0.29) is 45.3 Å². The van der Waals surface area contributed by atoms with Crippen molar-refractivity contribution >= 4 is 22.5 Å². The zero-order valence-electron chi connectivity index (χ0n) is 20.1. The van der Waals surface area contributed by atoms with E-state index in [1.54, 1.807) is 6.92 Å². The Morgan fingerprint density at radius 3 is 2.44 bits per heavy atom. The molecule has 0 spiro atoms. The molecule has 0 radical (unpaired) electrons. The summed E-state index contributed by atoms with van der Waals surface area (Å²) in [5.41, 5.74) is 5.33. The maximum atomic E-state index is 14.7. The van der Waals surface area contributed by atoms with Gasteiger partial charge in [-0.2, -0.15) is 0 Å². The highest BCUT2D eigenvalue weighted by Gasteiger charge is 2.22. The molecule has 2 aromatic carbocycles. The second kappa shape index (κ2) is 10.2. The molecule has 5 rings (SSSR count). The quantitative estimate of drug-likeness (QED) is 0.263. The van der Waals surface area contributed by atoms with E-state index >= 15 is 0 Å². The van der Waals surface area contributed by atoms with Crippen LogP contribution in [0.25, 0.3) is 16.6 Å². The van der Waals surface area contributed by atoms with Crippen molar-refractivity contribution in [3.8, 4) is 17.5 Å². The van der Waals surface area contributed by atoms with Crippen LogP contribution >= 0.6 is 0 Å². The number of aromatic nitrogens is 5. The first kappa shape index (κ1) is 25.3. The Labute approximate surface area is 218 Å². The lowest BCUT2D eigenvalue weighted by Gasteiger charge is -2.21. The Bertz CT molecular complexity index is 1830. The standard InChI is InChI=1S/C27H17F4N7O/c1-14(36-25-21(24(32)34-13-35-25)8-7-18-6-5-15(28)12-33-18)26-37-23-20(3-2-4-22(23)31)27(39)38(26)19-10-16(29)9-17(30)11-19/h2-6,9-14H,1H3,(H3,32,34,35,36). The van der Waals surface area contributed by atoms with Gasteiger partial charge in [0.05, 0.1) is 23.3 Å². The molecule has 0 aliphatic carbocycles. The number of fused-ring (bicyclic) bond motifs is 1. The van der Waals surface area contributed by atoms with E-state index in [0.29, 0.717) is 6.07 Å². The summed E-state index contributed by atoms with van der Waals surface area (Å²) in [6.45, 7) is 1.58. The molecule has 12 heteroatoms. The summed E-state index contributed by atoms with van der Waals surface area (Å²) >= 11 is 0. The summed E-state index contributed by atoms with van der Waals surface area (Å²) in [6.07, 6.45) is 2.18. The number of nitrogens with two attached hydrogens (primary N) is 1. The molecule has 0 aliphatic heterocycles. The lowest BCUT2D eigenvalue weighted by Crippen LogP contribution is -2.28. The zero-order chi connectivity index (χ0) is 27.7. The Hall–Kier alpha value is -5.31. The molecule has 0 saturated heterocycles. The summed E-state index contributed by atoms with van der Waals surface area (Å²) in [6, 6.07) is 8.11. The van der Waals surface area contributed by atoms with E-state index in [0.717, 1.165) is 29.0 Å². The summed E-state index contributed by atoms with van der Waals surface area (Å²) in [7, 11) is 0. The van der Waals surface area contributed by atoms with Crippen molar-refractivity contribution in [2.45, 2.75) is 13.0 Å². The zero-order valence-corrected chi connectivity index (χ0v) is 20.1. The minimum atomic E-state index is -0.918. The smallest absolute Gasteiger partial charge is 0.266 e. The van der Waals surface area contributed by atoms with Gasteiger partial charge in [-0.05, 0) is 49.2 Å². The van der Waals surface area contributed by atoms with Crippen molar-refractivity contribution in [2.24, 2.45) is 0 Å². The number of rotatable bonds is 4. The van der Waals surface area contributed by atoms with E-state index in [1.165, 1.54) is 30.6 Å². The molecule has 0 aliphatic rings. The van der Waals surface area contributed by atoms with Crippen molar-refractivity contribution in [3.05, 3.63) is 112 Å². The third-order valence-corrected chi connectivity index (χ3v) is 5.64. The number of nitrogen functional groups attached to an aromatic ring is 1. The fourth-order valence-corrected chi connectivity index (χ4v) is 3.88. The Kier molecular flexibility index (Phi) is 6.64. The lowest BCUT2D eigenvalue weighted by atomic mass is 10.2. The van der Waals surface area contributed by atoms with Gasteiger partial charge in [-0.15, -0.1) is 0 Å². The van der Waals surface area contributed by atoms with E-state index < -0.39 is 34.9 Å². The van der Waals surface area contributed by atoms with Gasteiger partial charge in [-0.3, -0.25) is 9.36 Å². The van der Waals surface area contributed by atoms with Crippen LogP contribution in [0.3, 0.4) is 0 Å². The third kappa shape index (κ3) is 5.10. The van der Waals surface area contributed by atoms with Gasteiger partial charge in [0.25, 0.3) is 5.56 Å². The van der Waals surface area contributed by atoms with Gasteiger partial charge >= 0.3 is 0 Å². The van der Waals surface area contributed by atoms with Gasteiger partial charge in [0.15, 0.2) is 0 Å². The molecule has 5 aromatic rings. The number of anilines is 2. The Morgan fingerprint density at radius 1 is 0.949 bits per heavy atom. The van der Waals surface area contributed by atoms with Crippen LogP contribution in [-0.4, -0.2) is 24.5 Å². The SMILES string of the molecule is CC(Nc1ncnc(N)c1C#Cc1ccc(F)cn1)c1nc2c(F)cccc2c(=O)n1-c1cc(F)cc(F)c1. The number of halogens is 4. The number of hydrogen-bond acceptors (Lipinski definition) is 7. The van der Waals surface area contributed by atoms with Gasteiger partial charge in [0.2, 0.25) is 0 Å². The van der Waals surface area contributed by atoms with E-state index in [2.05, 4.69) is 37.1 Å². The number of pyridine rings is 1. The van der Waals surface area contributed by atoms with Crippen LogP contribution < -0.4 is 16.6 Å². The molecule has 3 aromatic heterocycles. The molecule has 0 amide bonds. The van der Waals surface area contributed by atoms with Crippen molar-refractivity contribution in [3.63, 3.8) is 0 Å². The largest absolute Gasteiger partial charge is 0.382 e. The minimum Gasteiger partial charge on any atom is -0.382 e. The Balaban J connectivity index is 1.64. The molecular weight excluding hydrogens is 514 g/mol. The predicted molar refractivity (Wildman–Crippen MR) is 136 cm³/mol. The summed E-state index contributed by atoms with van der Waals surface area (Å²) < 4.78 is 57.1. The highest BCUT2D eigenvalue weighted by atomic mass is 19.1. The van der Waals surface area contributed by atoms with E-state index in [4.69, 9.17) is 5.73 Å². The number of benzene rings is 2. The van der Waals surface area contributed by atoms with Gasteiger partial charge in [0, 0.05) is 6.07 Å². The fourth-order valence-electron chi connectivity index (χ4n) is 3.88. The molecule has 39 heavy (non-hydrogen) atoms. The topological polar surface area (TPSA) is 112 Å². The summed E-state index contributed by atoms with van der Waals surface area (Å²) in [4.78, 5) is 29.8. The van der Waals surface area contributed by atoms with Crippen LogP contribution in [0.5, 0.6) is 0 Å². The number of nitrogens with zero attached hydrogens (tertiary/aromatic N) is 5. The van der Waals surface area contributed by atoms with Crippen molar-refractivity contribution in [2.75, 3.05) is 11.1 Å². The summed E-state index contributed by atoms with van der Waals surface area (Å²) in [5, 5.41) is 2.93. The predicted octanol–water partition coefficient (Wildman–Crippen LogP) is 4.28. The first-order chi connectivity index (χ1) is 18.7. The molecule has 3 N–H and O–H groups in total. The lowest BCUT2D eigenvalue weighted by molar-refractivity contribution is 0.579. The molecule has 1 unspecified atom stereocenters. The van der Waals surface area contributed by atoms with Gasteiger partial charge < -0.3 is 11.1 Å². The van der Waals surface area contributed by atoms with Crippen LogP contribution in [-0.2, 0) is 0 Å². The summed E-state index contributed by atoms with van der Waals surface area (Å²) in [5.74, 6) is 2.49. The molecular formula is C27H17F4N7O. The third-order valence-electron chi connectivity index (χ3n) is 5.64. The average molecular weight is 531 g/mol. The second-order valence-corrected chi connectivity index (χ2v) is 8.33. The van der Waals surface area contributed by atoms with Gasteiger partial charge in [-0.1, -0.05) is 12.0 Å². The molecule has 0 bridgehead atoms. The highest BCUT2D eigenvalue weighted by Crippen LogP contribution is 2.25. The van der Waals surface area contributed by atoms with Crippen LogP contribution in [0.2, 0.25) is 0 Å². The first-order valence-electron chi connectivity index (χ1n) is 11.4. The van der Waals surface area contributed by atoms with Crippen molar-refractivity contribution in [1.82, 2.24) is 24.5 Å². The fraction of sp³-hybridized carbons (Fsp3) is 0.0741. The minimum absolute atomic E-state index is 0.0106. The average Bonchev–Trinajstić information content (AvgIpc) is 2.89. The van der Waals surface area contributed by atoms with Crippen molar-refractivity contribution in [1.29, 1.82) is 0 Å². The highest BCUT2D eigenvalue weighted by molar-refractivity contribution is 5.78. The Morgan fingerprint density at radius 2 is 1.72 bits per heavy atom. The van der Waals surface area contributed by atoms with Crippen LogP contribution in [0.4, 0.5) is 29.2 Å². The molecule has 194 valence electrons. The number of nitrogens with one attached hydrogen (secondary N) is 1.